The molecular formula is C12H24N2O. The summed E-state index contributed by atoms with van der Waals surface area (Å²) < 4.78 is 0. The Morgan fingerprint density at radius 1 is 1.60 bits per heavy atom. The molecule has 0 aliphatic carbocycles. The van der Waals surface area contributed by atoms with Crippen molar-refractivity contribution in [1.82, 2.24) is 10.2 Å². The monoisotopic (exact) mass is 212 g/mol. The number of hydrogen-bond acceptors (Lipinski definition) is 2. The van der Waals surface area contributed by atoms with Gasteiger partial charge < -0.3 is 10.2 Å². The zero-order valence-electron chi connectivity index (χ0n) is 10.5. The van der Waals surface area contributed by atoms with Crippen LogP contribution >= 0.6 is 0 Å². The van der Waals surface area contributed by atoms with Crippen molar-refractivity contribution in [2.75, 3.05) is 26.7 Å². The molecule has 1 amide bonds. The minimum Gasteiger partial charge on any atom is -0.345 e. The Hall–Kier alpha value is -0.570. The highest BCUT2D eigenvalue weighted by atomic mass is 16.2. The van der Waals surface area contributed by atoms with Crippen molar-refractivity contribution < 1.29 is 4.79 Å². The fourth-order valence-electron chi connectivity index (χ4n) is 2.14. The topological polar surface area (TPSA) is 32.3 Å². The highest BCUT2D eigenvalue weighted by Gasteiger charge is 2.38. The molecule has 2 atom stereocenters. The largest absolute Gasteiger partial charge is 0.345 e. The second-order valence-corrected chi connectivity index (χ2v) is 5.19. The number of amides is 1. The molecule has 1 heterocycles. The quantitative estimate of drug-likeness (QED) is 0.766. The maximum absolute atomic E-state index is 12.2. The van der Waals surface area contributed by atoms with E-state index < -0.39 is 0 Å². The summed E-state index contributed by atoms with van der Waals surface area (Å²) in [5.74, 6) is 0.893. The van der Waals surface area contributed by atoms with Crippen molar-refractivity contribution >= 4 is 5.91 Å². The van der Waals surface area contributed by atoms with Crippen LogP contribution in [0.25, 0.3) is 0 Å². The van der Waals surface area contributed by atoms with Crippen LogP contribution in [0.5, 0.6) is 0 Å². The highest BCUT2D eigenvalue weighted by Crippen LogP contribution is 2.27. The highest BCUT2D eigenvalue weighted by molar-refractivity contribution is 5.82. The lowest BCUT2D eigenvalue weighted by Crippen LogP contribution is -2.43. The predicted molar refractivity (Wildman–Crippen MR) is 62.7 cm³/mol. The number of carbonyl (C=O) groups is 1. The van der Waals surface area contributed by atoms with Gasteiger partial charge in [-0.2, -0.15) is 0 Å². The first-order chi connectivity index (χ1) is 6.99. The van der Waals surface area contributed by atoms with E-state index in [2.05, 4.69) is 26.1 Å². The van der Waals surface area contributed by atoms with E-state index in [9.17, 15) is 4.79 Å². The lowest BCUT2D eigenvalue weighted by molar-refractivity contribution is -0.139. The molecule has 0 aromatic rings. The van der Waals surface area contributed by atoms with Gasteiger partial charge in [0.05, 0.1) is 5.41 Å². The third kappa shape index (κ3) is 2.94. The van der Waals surface area contributed by atoms with Gasteiger partial charge in [0.25, 0.3) is 0 Å². The average molecular weight is 212 g/mol. The predicted octanol–water partition coefficient (Wildman–Crippen LogP) is 1.49. The Morgan fingerprint density at radius 3 is 2.73 bits per heavy atom. The maximum Gasteiger partial charge on any atom is 0.229 e. The number of hydrogen-bond donors (Lipinski definition) is 1. The molecule has 15 heavy (non-hydrogen) atoms. The Labute approximate surface area is 93.2 Å². The lowest BCUT2D eigenvalue weighted by Gasteiger charge is -2.29. The van der Waals surface area contributed by atoms with Crippen molar-refractivity contribution in [3.63, 3.8) is 0 Å². The fraction of sp³-hybridized carbons (Fsp3) is 0.917. The van der Waals surface area contributed by atoms with Crippen LogP contribution in [-0.2, 0) is 4.79 Å². The third-order valence-corrected chi connectivity index (χ3v) is 3.51. The minimum absolute atomic E-state index is 0.164. The van der Waals surface area contributed by atoms with E-state index in [4.69, 9.17) is 0 Å². The summed E-state index contributed by atoms with van der Waals surface area (Å²) in [4.78, 5) is 14.1. The molecule has 0 bridgehead atoms. The third-order valence-electron chi connectivity index (χ3n) is 3.51. The summed E-state index contributed by atoms with van der Waals surface area (Å²) in [5.41, 5.74) is -0.164. The van der Waals surface area contributed by atoms with Gasteiger partial charge in [-0.25, -0.2) is 0 Å². The molecule has 3 heteroatoms. The summed E-state index contributed by atoms with van der Waals surface area (Å²) in [6, 6.07) is 0. The average Bonchev–Trinajstić information content (AvgIpc) is 2.65. The Balaban J connectivity index is 2.52. The zero-order valence-corrected chi connectivity index (χ0v) is 10.5. The van der Waals surface area contributed by atoms with Crippen molar-refractivity contribution in [1.29, 1.82) is 0 Å². The van der Waals surface area contributed by atoms with Crippen molar-refractivity contribution in [3.05, 3.63) is 0 Å². The fourth-order valence-corrected chi connectivity index (χ4v) is 2.14. The molecule has 1 N–H and O–H groups in total. The zero-order chi connectivity index (χ0) is 11.5. The van der Waals surface area contributed by atoms with Gasteiger partial charge in [0, 0.05) is 20.1 Å². The van der Waals surface area contributed by atoms with E-state index in [1.807, 2.05) is 11.9 Å². The lowest BCUT2D eigenvalue weighted by atomic mass is 9.88. The second-order valence-electron chi connectivity index (χ2n) is 5.19. The summed E-state index contributed by atoms with van der Waals surface area (Å²) >= 11 is 0. The first kappa shape index (κ1) is 12.5. The van der Waals surface area contributed by atoms with Crippen molar-refractivity contribution in [3.8, 4) is 0 Å². The molecule has 0 saturated carbocycles. The number of nitrogens with zero attached hydrogens (tertiary/aromatic N) is 1. The van der Waals surface area contributed by atoms with Gasteiger partial charge in [-0.05, 0) is 25.8 Å². The van der Waals surface area contributed by atoms with Crippen LogP contribution in [0.15, 0.2) is 0 Å². The van der Waals surface area contributed by atoms with Gasteiger partial charge >= 0.3 is 0 Å². The summed E-state index contributed by atoms with van der Waals surface area (Å²) in [6.45, 7) is 9.12. The molecule has 1 saturated heterocycles. The SMILES string of the molecule is CCC(C)CN(C)C(=O)C1(C)CCNC1. The first-order valence-electron chi connectivity index (χ1n) is 5.96. The van der Waals surface area contributed by atoms with E-state index in [-0.39, 0.29) is 5.41 Å². The normalized spacial score (nSPS) is 27.7. The van der Waals surface area contributed by atoms with Gasteiger partial charge in [0.1, 0.15) is 0 Å². The molecule has 1 rings (SSSR count). The molecule has 0 spiro atoms. The summed E-state index contributed by atoms with van der Waals surface area (Å²) in [7, 11) is 1.93. The van der Waals surface area contributed by atoms with E-state index in [1.54, 1.807) is 0 Å². The minimum atomic E-state index is -0.164. The maximum atomic E-state index is 12.2. The Kier molecular flexibility index (Phi) is 4.14. The first-order valence-corrected chi connectivity index (χ1v) is 5.96. The van der Waals surface area contributed by atoms with Crippen molar-refractivity contribution in [2.45, 2.75) is 33.6 Å². The summed E-state index contributed by atoms with van der Waals surface area (Å²) in [6.07, 6.45) is 2.10. The molecule has 88 valence electrons. The van der Waals surface area contributed by atoms with Gasteiger partial charge in [-0.1, -0.05) is 20.3 Å². The van der Waals surface area contributed by atoms with Crippen LogP contribution in [-0.4, -0.2) is 37.5 Å². The van der Waals surface area contributed by atoms with Crippen LogP contribution in [0.3, 0.4) is 0 Å². The van der Waals surface area contributed by atoms with Gasteiger partial charge in [0.2, 0.25) is 5.91 Å². The Morgan fingerprint density at radius 2 is 2.27 bits per heavy atom. The van der Waals surface area contributed by atoms with Gasteiger partial charge in [0.15, 0.2) is 0 Å². The molecule has 0 aromatic carbocycles. The standard InChI is InChI=1S/C12H24N2O/c1-5-10(2)8-14(4)11(15)12(3)6-7-13-9-12/h10,13H,5-9H2,1-4H3. The molecule has 1 aliphatic rings. The number of carbonyl (C=O) groups excluding carboxylic acids is 1. The van der Waals surface area contributed by atoms with Crippen LogP contribution in [0.4, 0.5) is 0 Å². The number of nitrogens with one attached hydrogen (secondary N) is 1. The second kappa shape index (κ2) is 4.97. The molecular weight excluding hydrogens is 188 g/mol. The molecule has 1 fully saturated rings. The molecule has 3 nitrogen and oxygen atoms in total. The van der Waals surface area contributed by atoms with Crippen LogP contribution < -0.4 is 5.32 Å². The summed E-state index contributed by atoms with van der Waals surface area (Å²) in [5, 5.41) is 3.27. The molecule has 2 unspecified atom stereocenters. The van der Waals surface area contributed by atoms with E-state index >= 15 is 0 Å². The number of rotatable bonds is 4. The smallest absolute Gasteiger partial charge is 0.229 e. The van der Waals surface area contributed by atoms with E-state index in [1.165, 1.54) is 0 Å². The molecule has 0 radical (unpaired) electrons. The van der Waals surface area contributed by atoms with Crippen molar-refractivity contribution in [2.24, 2.45) is 11.3 Å². The molecule has 1 aliphatic heterocycles. The molecule has 0 aromatic heterocycles. The Bertz CT molecular complexity index is 222. The van der Waals surface area contributed by atoms with Gasteiger partial charge in [-0.3, -0.25) is 4.79 Å². The van der Waals surface area contributed by atoms with Gasteiger partial charge in [-0.15, -0.1) is 0 Å². The van der Waals surface area contributed by atoms with Crippen LogP contribution in [0.2, 0.25) is 0 Å². The van der Waals surface area contributed by atoms with Crippen LogP contribution in [0.1, 0.15) is 33.6 Å². The van der Waals surface area contributed by atoms with E-state index in [0.29, 0.717) is 11.8 Å². The van der Waals surface area contributed by atoms with E-state index in [0.717, 1.165) is 32.5 Å². The van der Waals surface area contributed by atoms with Crippen LogP contribution in [0, 0.1) is 11.3 Å².